The molecule has 1 aromatic heterocycles. The molecule has 0 aromatic carbocycles. The molecule has 0 saturated carbocycles. The van der Waals surface area contributed by atoms with Gasteiger partial charge in [0.1, 0.15) is 5.69 Å². The number of aromatic nitrogens is 1. The quantitative estimate of drug-likeness (QED) is 0.789. The van der Waals surface area contributed by atoms with E-state index >= 15 is 0 Å². The van der Waals surface area contributed by atoms with Crippen molar-refractivity contribution >= 4 is 11.6 Å². The third-order valence-corrected chi connectivity index (χ3v) is 2.89. The molecule has 0 spiro atoms. The molecule has 1 amide bonds. The van der Waals surface area contributed by atoms with Crippen LogP contribution in [-0.4, -0.2) is 28.4 Å². The highest BCUT2D eigenvalue weighted by atomic mass is 16.2. The SMILES string of the molecule is CCCCCN(C(=O)c1cc(N)ccn1)C(C)C. The Morgan fingerprint density at radius 1 is 1.44 bits per heavy atom. The van der Waals surface area contributed by atoms with Gasteiger partial charge in [0.2, 0.25) is 0 Å². The van der Waals surface area contributed by atoms with Crippen LogP contribution in [0.5, 0.6) is 0 Å². The van der Waals surface area contributed by atoms with E-state index in [1.807, 2.05) is 18.7 Å². The number of rotatable bonds is 6. The first-order valence-corrected chi connectivity index (χ1v) is 6.58. The third kappa shape index (κ3) is 4.02. The van der Waals surface area contributed by atoms with E-state index in [2.05, 4.69) is 11.9 Å². The summed E-state index contributed by atoms with van der Waals surface area (Å²) >= 11 is 0. The van der Waals surface area contributed by atoms with Crippen LogP contribution in [0.3, 0.4) is 0 Å². The molecule has 4 heteroatoms. The smallest absolute Gasteiger partial charge is 0.272 e. The number of amides is 1. The summed E-state index contributed by atoms with van der Waals surface area (Å²) in [5, 5.41) is 0. The average Bonchev–Trinajstić information content (AvgIpc) is 2.33. The lowest BCUT2D eigenvalue weighted by molar-refractivity contribution is 0.0696. The summed E-state index contributed by atoms with van der Waals surface area (Å²) in [4.78, 5) is 18.3. The highest BCUT2D eigenvalue weighted by molar-refractivity contribution is 5.93. The van der Waals surface area contributed by atoms with Crippen molar-refractivity contribution in [2.75, 3.05) is 12.3 Å². The van der Waals surface area contributed by atoms with Gasteiger partial charge in [0.05, 0.1) is 0 Å². The number of pyridine rings is 1. The zero-order valence-electron chi connectivity index (χ0n) is 11.5. The van der Waals surface area contributed by atoms with Gasteiger partial charge in [0.25, 0.3) is 5.91 Å². The van der Waals surface area contributed by atoms with Crippen molar-refractivity contribution in [3.8, 4) is 0 Å². The van der Waals surface area contributed by atoms with Crippen LogP contribution >= 0.6 is 0 Å². The van der Waals surface area contributed by atoms with E-state index in [1.165, 1.54) is 0 Å². The lowest BCUT2D eigenvalue weighted by atomic mass is 10.2. The molecule has 0 radical (unpaired) electrons. The third-order valence-electron chi connectivity index (χ3n) is 2.89. The number of nitrogen functional groups attached to an aromatic ring is 1. The van der Waals surface area contributed by atoms with E-state index in [1.54, 1.807) is 18.3 Å². The second-order valence-corrected chi connectivity index (χ2v) is 4.77. The van der Waals surface area contributed by atoms with Crippen molar-refractivity contribution in [1.29, 1.82) is 0 Å². The monoisotopic (exact) mass is 249 g/mol. The summed E-state index contributed by atoms with van der Waals surface area (Å²) in [5.41, 5.74) is 6.69. The van der Waals surface area contributed by atoms with Crippen LogP contribution in [0.2, 0.25) is 0 Å². The van der Waals surface area contributed by atoms with Gasteiger partial charge >= 0.3 is 0 Å². The number of carbonyl (C=O) groups excluding carboxylic acids is 1. The minimum atomic E-state index is -0.0339. The molecule has 0 bridgehead atoms. The van der Waals surface area contributed by atoms with Gasteiger partial charge in [-0.05, 0) is 32.4 Å². The van der Waals surface area contributed by atoms with Gasteiger partial charge in [0, 0.05) is 24.5 Å². The number of unbranched alkanes of at least 4 members (excludes halogenated alkanes) is 2. The molecular formula is C14H23N3O. The van der Waals surface area contributed by atoms with Gasteiger partial charge in [-0.15, -0.1) is 0 Å². The fourth-order valence-electron chi connectivity index (χ4n) is 1.84. The van der Waals surface area contributed by atoms with Crippen molar-refractivity contribution < 1.29 is 4.79 Å². The first kappa shape index (κ1) is 14.5. The number of hydrogen-bond acceptors (Lipinski definition) is 3. The van der Waals surface area contributed by atoms with Crippen molar-refractivity contribution in [1.82, 2.24) is 9.88 Å². The molecule has 0 fully saturated rings. The topological polar surface area (TPSA) is 59.2 Å². The maximum Gasteiger partial charge on any atom is 0.272 e. The Kier molecular flexibility index (Phi) is 5.62. The molecule has 1 heterocycles. The summed E-state index contributed by atoms with van der Waals surface area (Å²) in [5.74, 6) is -0.0339. The summed E-state index contributed by atoms with van der Waals surface area (Å²) < 4.78 is 0. The van der Waals surface area contributed by atoms with Gasteiger partial charge in [0.15, 0.2) is 0 Å². The fraction of sp³-hybridized carbons (Fsp3) is 0.571. The highest BCUT2D eigenvalue weighted by Crippen LogP contribution is 2.11. The van der Waals surface area contributed by atoms with E-state index in [0.717, 1.165) is 25.8 Å². The standard InChI is InChI=1S/C14H23N3O/c1-4-5-6-9-17(11(2)3)14(18)13-10-12(15)7-8-16-13/h7-8,10-11H,4-6,9H2,1-3H3,(H2,15,16). The molecule has 1 rings (SSSR count). The van der Waals surface area contributed by atoms with Gasteiger partial charge in [-0.1, -0.05) is 19.8 Å². The van der Waals surface area contributed by atoms with Crippen LogP contribution in [0.15, 0.2) is 18.3 Å². The van der Waals surface area contributed by atoms with E-state index in [0.29, 0.717) is 11.4 Å². The summed E-state index contributed by atoms with van der Waals surface area (Å²) in [7, 11) is 0. The van der Waals surface area contributed by atoms with Crippen molar-refractivity contribution in [3.05, 3.63) is 24.0 Å². The number of hydrogen-bond donors (Lipinski definition) is 1. The van der Waals surface area contributed by atoms with E-state index in [4.69, 9.17) is 5.73 Å². The molecule has 0 aliphatic rings. The second-order valence-electron chi connectivity index (χ2n) is 4.77. The van der Waals surface area contributed by atoms with Crippen molar-refractivity contribution in [2.45, 2.75) is 46.1 Å². The Hall–Kier alpha value is -1.58. The summed E-state index contributed by atoms with van der Waals surface area (Å²) in [6.45, 7) is 6.98. The van der Waals surface area contributed by atoms with Gasteiger partial charge in [-0.25, -0.2) is 0 Å². The predicted molar refractivity (Wildman–Crippen MR) is 74.3 cm³/mol. The fourth-order valence-corrected chi connectivity index (χ4v) is 1.84. The Morgan fingerprint density at radius 3 is 2.72 bits per heavy atom. The molecule has 100 valence electrons. The lowest BCUT2D eigenvalue weighted by Crippen LogP contribution is -2.38. The Balaban J connectivity index is 2.76. The Morgan fingerprint density at radius 2 is 2.17 bits per heavy atom. The van der Waals surface area contributed by atoms with E-state index in [-0.39, 0.29) is 11.9 Å². The summed E-state index contributed by atoms with van der Waals surface area (Å²) in [6.07, 6.45) is 4.90. The zero-order valence-corrected chi connectivity index (χ0v) is 11.5. The average molecular weight is 249 g/mol. The van der Waals surface area contributed by atoms with Crippen LogP contribution in [-0.2, 0) is 0 Å². The molecule has 0 atom stereocenters. The number of nitrogens with two attached hydrogens (primary N) is 1. The number of anilines is 1. The Labute approximate surface area is 109 Å². The molecule has 1 aromatic rings. The molecule has 4 nitrogen and oxygen atoms in total. The number of carbonyl (C=O) groups is 1. The van der Waals surface area contributed by atoms with Crippen LogP contribution in [0.25, 0.3) is 0 Å². The molecule has 0 aliphatic heterocycles. The molecule has 0 saturated heterocycles. The molecule has 0 aliphatic carbocycles. The minimum absolute atomic E-state index is 0.0339. The second kappa shape index (κ2) is 6.99. The van der Waals surface area contributed by atoms with Crippen LogP contribution < -0.4 is 5.73 Å². The largest absolute Gasteiger partial charge is 0.399 e. The van der Waals surface area contributed by atoms with Crippen LogP contribution in [0.1, 0.15) is 50.5 Å². The maximum absolute atomic E-state index is 12.3. The molecule has 18 heavy (non-hydrogen) atoms. The Bertz CT molecular complexity index is 390. The first-order valence-electron chi connectivity index (χ1n) is 6.58. The molecule has 0 unspecified atom stereocenters. The van der Waals surface area contributed by atoms with Crippen molar-refractivity contribution in [3.63, 3.8) is 0 Å². The molecular weight excluding hydrogens is 226 g/mol. The van der Waals surface area contributed by atoms with Gasteiger partial charge in [-0.2, -0.15) is 0 Å². The first-order chi connectivity index (χ1) is 8.56. The van der Waals surface area contributed by atoms with Gasteiger partial charge < -0.3 is 10.6 Å². The van der Waals surface area contributed by atoms with E-state index in [9.17, 15) is 4.79 Å². The highest BCUT2D eigenvalue weighted by Gasteiger charge is 2.19. The maximum atomic E-state index is 12.3. The van der Waals surface area contributed by atoms with Crippen LogP contribution in [0, 0.1) is 0 Å². The van der Waals surface area contributed by atoms with E-state index < -0.39 is 0 Å². The minimum Gasteiger partial charge on any atom is -0.399 e. The zero-order chi connectivity index (χ0) is 13.5. The van der Waals surface area contributed by atoms with Gasteiger partial charge in [-0.3, -0.25) is 9.78 Å². The lowest BCUT2D eigenvalue weighted by Gasteiger charge is -2.26. The predicted octanol–water partition coefficient (Wildman–Crippen LogP) is 2.70. The van der Waals surface area contributed by atoms with Crippen molar-refractivity contribution in [2.24, 2.45) is 0 Å². The normalized spacial score (nSPS) is 10.7. The summed E-state index contributed by atoms with van der Waals surface area (Å²) in [6, 6.07) is 3.50. The van der Waals surface area contributed by atoms with Crippen LogP contribution in [0.4, 0.5) is 5.69 Å². The molecule has 2 N–H and O–H groups in total. The number of nitrogens with zero attached hydrogens (tertiary/aromatic N) is 2.